The highest BCUT2D eigenvalue weighted by Gasteiger charge is 2.16. The van der Waals surface area contributed by atoms with Gasteiger partial charge >= 0.3 is 0 Å². The molecule has 9 heteroatoms. The fourth-order valence-electron chi connectivity index (χ4n) is 3.49. The van der Waals surface area contributed by atoms with Crippen molar-refractivity contribution in [3.8, 4) is 11.3 Å². The molecule has 0 fully saturated rings. The first-order valence-corrected chi connectivity index (χ1v) is 11.5. The molecule has 1 N–H and O–H groups in total. The molecule has 7 nitrogen and oxygen atoms in total. The Morgan fingerprint density at radius 1 is 0.941 bits per heavy atom. The van der Waals surface area contributed by atoms with Crippen molar-refractivity contribution in [2.24, 2.45) is 0 Å². The fourth-order valence-corrected chi connectivity index (χ4v) is 4.27. The highest BCUT2D eigenvalue weighted by molar-refractivity contribution is 7.99. The zero-order chi connectivity index (χ0) is 23.5. The van der Waals surface area contributed by atoms with Gasteiger partial charge in [0.05, 0.1) is 11.3 Å². The van der Waals surface area contributed by atoms with Gasteiger partial charge in [-0.05, 0) is 18.2 Å². The number of aromatic nitrogens is 4. The molecule has 2 heterocycles. The van der Waals surface area contributed by atoms with Crippen molar-refractivity contribution in [2.45, 2.75) is 11.7 Å². The molecule has 168 valence electrons. The summed E-state index contributed by atoms with van der Waals surface area (Å²) in [5.74, 6) is -0.623. The Morgan fingerprint density at radius 3 is 2.50 bits per heavy atom. The largest absolute Gasteiger partial charge is 0.351 e. The fraction of sp³-hybridized carbons (Fsp3) is 0.0800. The number of benzene rings is 3. The van der Waals surface area contributed by atoms with Gasteiger partial charge in [-0.2, -0.15) is 14.6 Å². The molecule has 5 aromatic rings. The average molecular weight is 472 g/mol. The second-order valence-electron chi connectivity index (χ2n) is 7.44. The Kier molecular flexibility index (Phi) is 6.01. The van der Waals surface area contributed by atoms with Crippen molar-refractivity contribution in [2.75, 3.05) is 5.75 Å². The smallest absolute Gasteiger partial charge is 0.300 e. The normalized spacial score (nSPS) is 11.1. The quantitative estimate of drug-likeness (QED) is 0.230. The molecule has 0 saturated heterocycles. The van der Waals surface area contributed by atoms with Crippen LogP contribution in [0.3, 0.4) is 0 Å². The van der Waals surface area contributed by atoms with Crippen molar-refractivity contribution < 1.29 is 9.18 Å². The molecule has 0 bridgehead atoms. The summed E-state index contributed by atoms with van der Waals surface area (Å²) >= 11 is 1.16. The molecule has 3 aromatic carbocycles. The number of nitrogens with zero attached hydrogens (tertiary/aromatic N) is 4. The van der Waals surface area contributed by atoms with Gasteiger partial charge in [-0.25, -0.2) is 9.37 Å². The Labute approximate surface area is 197 Å². The maximum atomic E-state index is 13.8. The number of thioether (sulfide) groups is 1. The van der Waals surface area contributed by atoms with E-state index in [1.807, 2.05) is 42.5 Å². The lowest BCUT2D eigenvalue weighted by Crippen LogP contribution is -2.25. The van der Waals surface area contributed by atoms with Crippen LogP contribution < -0.4 is 10.9 Å². The highest BCUT2D eigenvalue weighted by Crippen LogP contribution is 2.24. The Morgan fingerprint density at radius 2 is 1.68 bits per heavy atom. The average Bonchev–Trinajstić information content (AvgIpc) is 2.87. The zero-order valence-corrected chi connectivity index (χ0v) is 18.6. The van der Waals surface area contributed by atoms with E-state index in [2.05, 4.69) is 20.4 Å². The zero-order valence-electron chi connectivity index (χ0n) is 17.8. The van der Waals surface area contributed by atoms with E-state index >= 15 is 0 Å². The predicted molar refractivity (Wildman–Crippen MR) is 129 cm³/mol. The van der Waals surface area contributed by atoms with Crippen LogP contribution in [0.15, 0.2) is 88.8 Å². The summed E-state index contributed by atoms with van der Waals surface area (Å²) < 4.78 is 15.3. The number of para-hydroxylation sites is 1. The van der Waals surface area contributed by atoms with Crippen molar-refractivity contribution in [1.82, 2.24) is 24.9 Å². The van der Waals surface area contributed by atoms with Gasteiger partial charge in [0.15, 0.2) is 16.5 Å². The molecular formula is C25H18FN5O2S. The number of halogens is 1. The molecule has 0 atom stereocenters. The second-order valence-corrected chi connectivity index (χ2v) is 8.38. The van der Waals surface area contributed by atoms with Crippen LogP contribution in [0.1, 0.15) is 5.56 Å². The van der Waals surface area contributed by atoms with E-state index in [4.69, 9.17) is 0 Å². The van der Waals surface area contributed by atoms with Crippen molar-refractivity contribution in [3.05, 3.63) is 101 Å². The molecule has 0 spiro atoms. The van der Waals surface area contributed by atoms with E-state index < -0.39 is 5.56 Å². The van der Waals surface area contributed by atoms with Crippen LogP contribution in [0.4, 0.5) is 4.39 Å². The molecule has 5 rings (SSSR count). The van der Waals surface area contributed by atoms with Crippen LogP contribution in [0.5, 0.6) is 0 Å². The molecule has 34 heavy (non-hydrogen) atoms. The van der Waals surface area contributed by atoms with Gasteiger partial charge in [0.1, 0.15) is 5.82 Å². The van der Waals surface area contributed by atoms with Gasteiger partial charge in [-0.1, -0.05) is 72.4 Å². The van der Waals surface area contributed by atoms with Crippen LogP contribution >= 0.6 is 11.8 Å². The lowest BCUT2D eigenvalue weighted by atomic mass is 10.2. The first kappa shape index (κ1) is 21.7. The van der Waals surface area contributed by atoms with E-state index in [1.54, 1.807) is 30.3 Å². The molecule has 2 aromatic heterocycles. The molecule has 0 unspecified atom stereocenters. The molecular weight excluding hydrogens is 453 g/mol. The van der Waals surface area contributed by atoms with Crippen LogP contribution in [0.25, 0.3) is 27.8 Å². The molecule has 1 amide bonds. The molecule has 0 aliphatic rings. The summed E-state index contributed by atoms with van der Waals surface area (Å²) in [5, 5.41) is 8.37. The summed E-state index contributed by atoms with van der Waals surface area (Å²) in [6, 6.07) is 22.7. The van der Waals surface area contributed by atoms with E-state index in [0.29, 0.717) is 32.8 Å². The third kappa shape index (κ3) is 4.38. The van der Waals surface area contributed by atoms with Gasteiger partial charge in [-0.3, -0.25) is 9.59 Å². The van der Waals surface area contributed by atoms with E-state index in [0.717, 1.165) is 11.8 Å². The minimum Gasteiger partial charge on any atom is -0.351 e. The summed E-state index contributed by atoms with van der Waals surface area (Å²) in [6.07, 6.45) is 0. The van der Waals surface area contributed by atoms with Gasteiger partial charge < -0.3 is 5.32 Å². The first-order chi connectivity index (χ1) is 16.6. The minimum absolute atomic E-state index is 0.0311. The molecule has 0 radical (unpaired) electrons. The summed E-state index contributed by atoms with van der Waals surface area (Å²) in [5.41, 5.74) is 1.80. The molecule has 0 aliphatic carbocycles. The Balaban J connectivity index is 1.48. The second kappa shape index (κ2) is 9.40. The number of fused-ring (bicyclic) bond motifs is 3. The SMILES string of the molecule is O=C(CSc1nc2ccccc2c2nc(=O)c(-c3ccccc3)nn12)NCc1ccccc1F. The van der Waals surface area contributed by atoms with Gasteiger partial charge in [-0.15, -0.1) is 0 Å². The summed E-state index contributed by atoms with van der Waals surface area (Å²) in [4.78, 5) is 34.2. The summed E-state index contributed by atoms with van der Waals surface area (Å²) in [7, 11) is 0. The topological polar surface area (TPSA) is 89.2 Å². The number of amides is 1. The maximum Gasteiger partial charge on any atom is 0.300 e. The van der Waals surface area contributed by atoms with Crippen LogP contribution in [0.2, 0.25) is 0 Å². The number of carbonyl (C=O) groups excluding carboxylic acids is 1. The lowest BCUT2D eigenvalue weighted by molar-refractivity contribution is -0.118. The van der Waals surface area contributed by atoms with Crippen LogP contribution in [0, 0.1) is 5.82 Å². The van der Waals surface area contributed by atoms with Crippen LogP contribution in [-0.2, 0) is 11.3 Å². The first-order valence-electron chi connectivity index (χ1n) is 10.5. The number of carbonyl (C=O) groups is 1. The number of hydrogen-bond donors (Lipinski definition) is 1. The lowest BCUT2D eigenvalue weighted by Gasteiger charge is -2.11. The van der Waals surface area contributed by atoms with E-state index in [1.165, 1.54) is 10.6 Å². The summed E-state index contributed by atoms with van der Waals surface area (Å²) in [6.45, 7) is 0.0859. The number of nitrogens with one attached hydrogen (secondary N) is 1. The third-order valence-electron chi connectivity index (χ3n) is 5.17. The van der Waals surface area contributed by atoms with Crippen molar-refractivity contribution >= 4 is 34.2 Å². The third-order valence-corrected chi connectivity index (χ3v) is 6.10. The van der Waals surface area contributed by atoms with Crippen molar-refractivity contribution in [1.29, 1.82) is 0 Å². The number of rotatable bonds is 6. The van der Waals surface area contributed by atoms with Crippen molar-refractivity contribution in [3.63, 3.8) is 0 Å². The van der Waals surface area contributed by atoms with Gasteiger partial charge in [0.25, 0.3) is 5.56 Å². The predicted octanol–water partition coefficient (Wildman–Crippen LogP) is 3.85. The number of hydrogen-bond acceptors (Lipinski definition) is 6. The van der Waals surface area contributed by atoms with Gasteiger partial charge in [0.2, 0.25) is 5.91 Å². The Hall–Kier alpha value is -4.11. The minimum atomic E-state index is -0.443. The van der Waals surface area contributed by atoms with E-state index in [-0.39, 0.29) is 29.7 Å². The maximum absolute atomic E-state index is 13.8. The Bertz CT molecular complexity index is 1570. The van der Waals surface area contributed by atoms with Crippen LogP contribution in [-0.4, -0.2) is 31.2 Å². The molecule has 0 aliphatic heterocycles. The monoisotopic (exact) mass is 471 g/mol. The molecule has 0 saturated carbocycles. The van der Waals surface area contributed by atoms with Gasteiger partial charge in [0, 0.05) is 23.1 Å². The standard InChI is InChI=1S/C25H18FN5O2S/c26-19-12-6-4-10-17(19)14-27-21(32)15-34-25-28-20-13-7-5-11-18(20)23-29-24(33)22(30-31(23)25)16-8-2-1-3-9-16/h1-13H,14-15H2,(H,27,32). The van der Waals surface area contributed by atoms with E-state index in [9.17, 15) is 14.0 Å². The highest BCUT2D eigenvalue weighted by atomic mass is 32.2.